The maximum absolute atomic E-state index is 12.9. The third-order valence-corrected chi connectivity index (χ3v) is 6.52. The van der Waals surface area contributed by atoms with Crippen LogP contribution in [0.4, 0.5) is 0 Å². The molecule has 1 aliphatic heterocycles. The number of carbonyl (C=O) groups is 2. The summed E-state index contributed by atoms with van der Waals surface area (Å²) in [6, 6.07) is 19.6. The first-order chi connectivity index (χ1) is 16.0. The van der Waals surface area contributed by atoms with Gasteiger partial charge in [0.15, 0.2) is 0 Å². The van der Waals surface area contributed by atoms with Crippen molar-refractivity contribution < 1.29 is 14.7 Å². The van der Waals surface area contributed by atoms with Crippen LogP contribution in [0.2, 0.25) is 0 Å². The van der Waals surface area contributed by atoms with E-state index in [0.717, 1.165) is 16.7 Å². The highest BCUT2D eigenvalue weighted by atomic mass is 32.2. The summed E-state index contributed by atoms with van der Waals surface area (Å²) in [5.74, 6) is -0.162. The lowest BCUT2D eigenvalue weighted by Gasteiger charge is -2.22. The van der Waals surface area contributed by atoms with E-state index in [4.69, 9.17) is 12.2 Å². The molecule has 172 valence electrons. The molecule has 33 heavy (non-hydrogen) atoms. The summed E-state index contributed by atoms with van der Waals surface area (Å²) >= 11 is 6.71. The second-order valence-corrected chi connectivity index (χ2v) is 9.44. The van der Waals surface area contributed by atoms with Crippen molar-refractivity contribution in [1.82, 2.24) is 9.80 Å². The van der Waals surface area contributed by atoms with E-state index in [1.165, 1.54) is 11.8 Å². The Labute approximate surface area is 204 Å². The van der Waals surface area contributed by atoms with Gasteiger partial charge in [0.05, 0.1) is 11.5 Å². The lowest BCUT2D eigenvalue weighted by molar-refractivity contribution is -0.132. The largest absolute Gasteiger partial charge is 0.395 e. The number of benzene rings is 2. The molecule has 2 aromatic carbocycles. The fourth-order valence-electron chi connectivity index (χ4n) is 3.52. The van der Waals surface area contributed by atoms with Gasteiger partial charge in [0.2, 0.25) is 5.91 Å². The van der Waals surface area contributed by atoms with Crippen molar-refractivity contribution in [1.29, 1.82) is 0 Å². The van der Waals surface area contributed by atoms with Gasteiger partial charge in [0.1, 0.15) is 4.32 Å². The average Bonchev–Trinajstić information content (AvgIpc) is 3.07. The number of carbonyl (C=O) groups excluding carboxylic acids is 2. The lowest BCUT2D eigenvalue weighted by Crippen LogP contribution is -2.34. The molecule has 0 unspecified atom stereocenters. The van der Waals surface area contributed by atoms with Gasteiger partial charge >= 0.3 is 0 Å². The molecule has 1 heterocycles. The third-order valence-electron chi connectivity index (χ3n) is 5.14. The van der Waals surface area contributed by atoms with Gasteiger partial charge in [0.25, 0.3) is 5.91 Å². The van der Waals surface area contributed by atoms with E-state index in [1.807, 2.05) is 79.7 Å². The standard InChI is InChI=1S/C26H28N2O3S2/c1-20(17-21-9-4-2-5-10-21)18-23-25(31)28(26(32)33-23)14-8-13-24(30)27(15-16-29)19-22-11-6-3-7-12-22/h2-7,9-12,17-18,29H,8,13-16,19H2,1H3/b20-17+,23-18-. The molecule has 1 saturated heterocycles. The quantitative estimate of drug-likeness (QED) is 0.397. The van der Waals surface area contributed by atoms with E-state index in [9.17, 15) is 14.7 Å². The van der Waals surface area contributed by atoms with E-state index in [-0.39, 0.29) is 31.4 Å². The molecule has 1 N–H and O–H groups in total. The molecule has 0 radical (unpaired) electrons. The molecule has 0 aliphatic carbocycles. The van der Waals surface area contributed by atoms with Gasteiger partial charge in [0, 0.05) is 26.1 Å². The monoisotopic (exact) mass is 480 g/mol. The number of allylic oxidation sites excluding steroid dienone is 2. The summed E-state index contributed by atoms with van der Waals surface area (Å²) in [6.45, 7) is 3.00. The van der Waals surface area contributed by atoms with Crippen LogP contribution in [-0.2, 0) is 16.1 Å². The molecule has 7 heteroatoms. The molecule has 0 saturated carbocycles. The maximum Gasteiger partial charge on any atom is 0.266 e. The first kappa shape index (κ1) is 24.9. The van der Waals surface area contributed by atoms with E-state index in [2.05, 4.69) is 0 Å². The molecular weight excluding hydrogens is 452 g/mol. The second kappa shape index (κ2) is 12.5. The lowest BCUT2D eigenvalue weighted by atomic mass is 10.1. The molecule has 5 nitrogen and oxygen atoms in total. The van der Waals surface area contributed by atoms with Crippen LogP contribution >= 0.6 is 24.0 Å². The number of hydrogen-bond donors (Lipinski definition) is 1. The van der Waals surface area contributed by atoms with E-state index in [1.54, 1.807) is 9.80 Å². The van der Waals surface area contributed by atoms with E-state index >= 15 is 0 Å². The molecular formula is C26H28N2O3S2. The molecule has 2 amide bonds. The number of thioether (sulfide) groups is 1. The van der Waals surface area contributed by atoms with Crippen LogP contribution in [0.5, 0.6) is 0 Å². The van der Waals surface area contributed by atoms with Crippen LogP contribution in [0.3, 0.4) is 0 Å². The van der Waals surface area contributed by atoms with Crippen LogP contribution < -0.4 is 0 Å². The fraction of sp³-hybridized carbons (Fsp3) is 0.269. The van der Waals surface area contributed by atoms with Gasteiger partial charge < -0.3 is 10.0 Å². The van der Waals surface area contributed by atoms with E-state index < -0.39 is 0 Å². The number of rotatable bonds is 10. The van der Waals surface area contributed by atoms with Crippen LogP contribution in [0.25, 0.3) is 6.08 Å². The summed E-state index contributed by atoms with van der Waals surface area (Å²) in [5.41, 5.74) is 3.06. The fourth-order valence-corrected chi connectivity index (χ4v) is 4.87. The molecule has 0 spiro atoms. The predicted molar refractivity (Wildman–Crippen MR) is 138 cm³/mol. The number of amides is 2. The summed E-state index contributed by atoms with van der Waals surface area (Å²) in [4.78, 5) is 29.4. The first-order valence-corrected chi connectivity index (χ1v) is 12.1. The first-order valence-electron chi connectivity index (χ1n) is 10.9. The van der Waals surface area contributed by atoms with Gasteiger partial charge in [-0.1, -0.05) is 90.7 Å². The Bertz CT molecular complexity index is 1040. The molecule has 3 rings (SSSR count). The number of nitrogens with zero attached hydrogens (tertiary/aromatic N) is 2. The van der Waals surface area contributed by atoms with Gasteiger partial charge in [-0.05, 0) is 36.1 Å². The van der Waals surface area contributed by atoms with Crippen molar-refractivity contribution in [3.63, 3.8) is 0 Å². The summed E-state index contributed by atoms with van der Waals surface area (Å²) in [5, 5.41) is 9.35. The van der Waals surface area contributed by atoms with Crippen molar-refractivity contribution in [2.75, 3.05) is 19.7 Å². The van der Waals surface area contributed by atoms with Crippen LogP contribution in [-0.4, -0.2) is 50.7 Å². The van der Waals surface area contributed by atoms with Gasteiger partial charge in [-0.25, -0.2) is 0 Å². The smallest absolute Gasteiger partial charge is 0.266 e. The predicted octanol–water partition coefficient (Wildman–Crippen LogP) is 4.64. The molecule has 0 bridgehead atoms. The number of aliphatic hydroxyl groups is 1. The zero-order valence-electron chi connectivity index (χ0n) is 18.6. The van der Waals surface area contributed by atoms with Crippen LogP contribution in [0.15, 0.2) is 77.2 Å². The maximum atomic E-state index is 12.9. The Hall–Kier alpha value is -2.74. The Morgan fingerprint density at radius 3 is 2.45 bits per heavy atom. The topological polar surface area (TPSA) is 60.9 Å². The summed E-state index contributed by atoms with van der Waals surface area (Å²) < 4.78 is 0.516. The normalized spacial score (nSPS) is 15.4. The van der Waals surface area contributed by atoms with Gasteiger partial charge in [-0.3, -0.25) is 14.5 Å². The Kier molecular flexibility index (Phi) is 9.42. The SMILES string of the molecule is CC(/C=C1\SC(=S)N(CCCC(=O)N(CCO)Cc2ccccc2)C1=O)=C\c1ccccc1. The van der Waals surface area contributed by atoms with Crippen LogP contribution in [0.1, 0.15) is 30.9 Å². The Balaban J connectivity index is 1.55. The zero-order valence-corrected chi connectivity index (χ0v) is 20.3. The van der Waals surface area contributed by atoms with Crippen molar-refractivity contribution in [3.05, 3.63) is 88.3 Å². The summed E-state index contributed by atoms with van der Waals surface area (Å²) in [6.07, 6.45) is 4.68. The highest BCUT2D eigenvalue weighted by molar-refractivity contribution is 8.26. The average molecular weight is 481 g/mol. The zero-order chi connectivity index (χ0) is 23.6. The Morgan fingerprint density at radius 1 is 1.12 bits per heavy atom. The number of hydrogen-bond acceptors (Lipinski definition) is 5. The minimum atomic E-state index is -0.116. The Morgan fingerprint density at radius 2 is 1.79 bits per heavy atom. The van der Waals surface area contributed by atoms with Gasteiger partial charge in [-0.15, -0.1) is 0 Å². The molecule has 2 aromatic rings. The van der Waals surface area contributed by atoms with Crippen molar-refractivity contribution >= 4 is 46.2 Å². The highest BCUT2D eigenvalue weighted by Crippen LogP contribution is 2.32. The number of aliphatic hydroxyl groups excluding tert-OH is 1. The third kappa shape index (κ3) is 7.39. The summed E-state index contributed by atoms with van der Waals surface area (Å²) in [7, 11) is 0. The minimum absolute atomic E-state index is 0.0458. The van der Waals surface area contributed by atoms with Crippen molar-refractivity contribution in [3.8, 4) is 0 Å². The molecule has 1 aliphatic rings. The highest BCUT2D eigenvalue weighted by Gasteiger charge is 2.31. The molecule has 1 fully saturated rings. The molecule has 0 aromatic heterocycles. The van der Waals surface area contributed by atoms with Crippen molar-refractivity contribution in [2.24, 2.45) is 0 Å². The van der Waals surface area contributed by atoms with Crippen LogP contribution in [0, 0.1) is 0 Å². The van der Waals surface area contributed by atoms with Gasteiger partial charge in [-0.2, -0.15) is 0 Å². The molecule has 0 atom stereocenters. The second-order valence-electron chi connectivity index (χ2n) is 7.76. The van der Waals surface area contributed by atoms with E-state index in [0.29, 0.717) is 28.7 Å². The minimum Gasteiger partial charge on any atom is -0.395 e. The number of thiocarbonyl (C=S) groups is 1. The van der Waals surface area contributed by atoms with Crippen molar-refractivity contribution in [2.45, 2.75) is 26.3 Å².